The summed E-state index contributed by atoms with van der Waals surface area (Å²) in [5.74, 6) is 0.169. The van der Waals surface area contributed by atoms with Crippen LogP contribution in [0.1, 0.15) is 19.4 Å². The third-order valence-corrected chi connectivity index (χ3v) is 3.49. The molecule has 0 saturated heterocycles. The maximum absolute atomic E-state index is 12.4. The number of benzene rings is 1. The Hall–Kier alpha value is -1.45. The van der Waals surface area contributed by atoms with Crippen molar-refractivity contribution in [1.29, 1.82) is 0 Å². The molecular weight excluding hydrogens is 260 g/mol. The van der Waals surface area contributed by atoms with E-state index in [1.165, 1.54) is 0 Å². The fourth-order valence-corrected chi connectivity index (χ4v) is 2.16. The van der Waals surface area contributed by atoms with Crippen LogP contribution in [0.25, 0.3) is 6.08 Å². The lowest BCUT2D eigenvalue weighted by Gasteiger charge is -2.28. The van der Waals surface area contributed by atoms with Gasteiger partial charge in [0.1, 0.15) is 0 Å². The number of hydrogen-bond acceptors (Lipinski definition) is 3. The van der Waals surface area contributed by atoms with E-state index >= 15 is 0 Å². The van der Waals surface area contributed by atoms with Crippen molar-refractivity contribution in [2.75, 3.05) is 40.8 Å². The molecule has 3 heteroatoms. The average Bonchev–Trinajstić information content (AvgIpc) is 2.43. The van der Waals surface area contributed by atoms with Gasteiger partial charge in [0.25, 0.3) is 0 Å². The van der Waals surface area contributed by atoms with Crippen LogP contribution in [0, 0.1) is 5.41 Å². The van der Waals surface area contributed by atoms with Crippen LogP contribution in [0.5, 0.6) is 0 Å². The van der Waals surface area contributed by atoms with Crippen LogP contribution in [0.3, 0.4) is 0 Å². The van der Waals surface area contributed by atoms with Crippen LogP contribution in [0.4, 0.5) is 0 Å². The molecule has 1 aromatic rings. The van der Waals surface area contributed by atoms with Crippen LogP contribution in [-0.4, -0.2) is 56.4 Å². The van der Waals surface area contributed by atoms with E-state index in [-0.39, 0.29) is 11.2 Å². The standard InChI is InChI=1S/C18H28N2O/c1-18(2,15-20(5)14-13-19(3)4)17(21)12-11-16-9-7-6-8-10-16/h6-12H,13-15H2,1-5H3. The lowest BCUT2D eigenvalue weighted by molar-refractivity contribution is -0.122. The molecule has 0 N–H and O–H groups in total. The molecule has 1 rings (SSSR count). The molecule has 21 heavy (non-hydrogen) atoms. The number of nitrogens with zero attached hydrogens (tertiary/aromatic N) is 2. The van der Waals surface area contributed by atoms with Crippen LogP contribution in [-0.2, 0) is 4.79 Å². The van der Waals surface area contributed by atoms with E-state index in [1.54, 1.807) is 6.08 Å². The normalized spacial score (nSPS) is 12.5. The fraction of sp³-hybridized carbons (Fsp3) is 0.500. The smallest absolute Gasteiger partial charge is 0.162 e. The number of carbonyl (C=O) groups is 1. The van der Waals surface area contributed by atoms with Gasteiger partial charge in [-0.3, -0.25) is 4.79 Å². The molecule has 0 atom stereocenters. The van der Waals surface area contributed by atoms with Gasteiger partial charge in [-0.2, -0.15) is 0 Å². The molecule has 0 saturated carbocycles. The SMILES string of the molecule is CN(C)CCN(C)CC(C)(C)C(=O)C=Cc1ccccc1. The number of hydrogen-bond donors (Lipinski definition) is 0. The highest BCUT2D eigenvalue weighted by molar-refractivity contribution is 5.97. The molecule has 3 nitrogen and oxygen atoms in total. The Bertz CT molecular complexity index is 463. The highest BCUT2D eigenvalue weighted by Gasteiger charge is 2.26. The number of ketones is 1. The van der Waals surface area contributed by atoms with E-state index in [2.05, 4.69) is 30.9 Å². The summed E-state index contributed by atoms with van der Waals surface area (Å²) in [7, 11) is 6.19. The Kier molecular flexibility index (Phi) is 6.79. The summed E-state index contributed by atoms with van der Waals surface area (Å²) in [5, 5.41) is 0. The van der Waals surface area contributed by atoms with E-state index in [0.29, 0.717) is 0 Å². The van der Waals surface area contributed by atoms with Gasteiger partial charge < -0.3 is 9.80 Å². The van der Waals surface area contributed by atoms with Gasteiger partial charge in [-0.25, -0.2) is 0 Å². The van der Waals surface area contributed by atoms with Gasteiger partial charge in [0, 0.05) is 25.0 Å². The van der Waals surface area contributed by atoms with Crippen LogP contribution in [0.15, 0.2) is 36.4 Å². The topological polar surface area (TPSA) is 23.6 Å². The first kappa shape index (κ1) is 17.6. The summed E-state index contributed by atoms with van der Waals surface area (Å²) in [6, 6.07) is 9.93. The third kappa shape index (κ3) is 6.69. The maximum atomic E-state index is 12.4. The second-order valence-corrected chi connectivity index (χ2v) is 6.53. The van der Waals surface area contributed by atoms with Gasteiger partial charge in [0.05, 0.1) is 0 Å². The van der Waals surface area contributed by atoms with Crippen molar-refractivity contribution >= 4 is 11.9 Å². The quantitative estimate of drug-likeness (QED) is 0.687. The number of rotatable bonds is 8. The molecule has 0 aliphatic rings. The summed E-state index contributed by atoms with van der Waals surface area (Å²) in [6.45, 7) is 6.75. The Morgan fingerprint density at radius 3 is 2.29 bits per heavy atom. The largest absolute Gasteiger partial charge is 0.308 e. The molecule has 0 bridgehead atoms. The minimum absolute atomic E-state index is 0.169. The first-order valence-corrected chi connectivity index (χ1v) is 7.42. The van der Waals surface area contributed by atoms with E-state index in [4.69, 9.17) is 0 Å². The van der Waals surface area contributed by atoms with Gasteiger partial charge in [0.2, 0.25) is 0 Å². The average molecular weight is 288 g/mol. The van der Waals surface area contributed by atoms with Gasteiger partial charge in [-0.05, 0) is 32.8 Å². The van der Waals surface area contributed by atoms with Crippen molar-refractivity contribution < 1.29 is 4.79 Å². The van der Waals surface area contributed by atoms with Gasteiger partial charge >= 0.3 is 0 Å². The molecule has 0 fully saturated rings. The lowest BCUT2D eigenvalue weighted by atomic mass is 9.87. The number of carbonyl (C=O) groups excluding carboxylic acids is 1. The zero-order valence-corrected chi connectivity index (χ0v) is 14.0. The Labute approximate surface area is 129 Å². The molecule has 0 unspecified atom stereocenters. The highest BCUT2D eigenvalue weighted by atomic mass is 16.1. The fourth-order valence-electron chi connectivity index (χ4n) is 2.16. The molecule has 116 valence electrons. The van der Waals surface area contributed by atoms with Gasteiger partial charge in [-0.15, -0.1) is 0 Å². The maximum Gasteiger partial charge on any atom is 0.162 e. The summed E-state index contributed by atoms with van der Waals surface area (Å²) < 4.78 is 0. The minimum atomic E-state index is -0.369. The molecule has 1 aromatic carbocycles. The molecule has 0 heterocycles. The Morgan fingerprint density at radius 2 is 1.71 bits per heavy atom. The van der Waals surface area contributed by atoms with E-state index in [1.807, 2.05) is 50.3 Å². The molecule has 0 spiro atoms. The lowest BCUT2D eigenvalue weighted by Crippen LogP contribution is -2.39. The molecule has 0 radical (unpaired) electrons. The number of likely N-dealkylation sites (N-methyl/N-ethyl adjacent to an activating group) is 2. The third-order valence-electron chi connectivity index (χ3n) is 3.49. The van der Waals surface area contributed by atoms with E-state index < -0.39 is 0 Å². The van der Waals surface area contributed by atoms with Crippen molar-refractivity contribution in [3.05, 3.63) is 42.0 Å². The predicted molar refractivity (Wildman–Crippen MR) is 90.3 cm³/mol. The van der Waals surface area contributed by atoms with Crippen LogP contribution >= 0.6 is 0 Å². The van der Waals surface area contributed by atoms with Crippen molar-refractivity contribution in [2.24, 2.45) is 5.41 Å². The molecule has 0 amide bonds. The first-order valence-electron chi connectivity index (χ1n) is 7.42. The van der Waals surface area contributed by atoms with Crippen LogP contribution in [0.2, 0.25) is 0 Å². The number of allylic oxidation sites excluding steroid dienone is 1. The monoisotopic (exact) mass is 288 g/mol. The predicted octanol–water partition coefficient (Wildman–Crippen LogP) is 2.79. The molecule has 0 aliphatic carbocycles. The highest BCUT2D eigenvalue weighted by Crippen LogP contribution is 2.19. The second-order valence-electron chi connectivity index (χ2n) is 6.53. The minimum Gasteiger partial charge on any atom is -0.308 e. The summed E-state index contributed by atoms with van der Waals surface area (Å²) >= 11 is 0. The zero-order valence-electron chi connectivity index (χ0n) is 14.0. The van der Waals surface area contributed by atoms with Crippen molar-refractivity contribution in [3.63, 3.8) is 0 Å². The van der Waals surface area contributed by atoms with Crippen LogP contribution < -0.4 is 0 Å². The Morgan fingerprint density at radius 1 is 1.10 bits per heavy atom. The van der Waals surface area contributed by atoms with Gasteiger partial charge in [0.15, 0.2) is 5.78 Å². The summed E-state index contributed by atoms with van der Waals surface area (Å²) in [4.78, 5) is 16.8. The van der Waals surface area contributed by atoms with Crippen molar-refractivity contribution in [3.8, 4) is 0 Å². The summed E-state index contributed by atoms with van der Waals surface area (Å²) in [5.41, 5.74) is 0.689. The second kappa shape index (κ2) is 8.11. The molecular formula is C18H28N2O. The van der Waals surface area contributed by atoms with E-state index in [0.717, 1.165) is 25.2 Å². The Balaban J connectivity index is 2.56. The molecule has 0 aromatic heterocycles. The van der Waals surface area contributed by atoms with E-state index in [9.17, 15) is 4.79 Å². The first-order chi connectivity index (χ1) is 9.81. The summed E-state index contributed by atoms with van der Waals surface area (Å²) in [6.07, 6.45) is 3.60. The van der Waals surface area contributed by atoms with Crippen molar-refractivity contribution in [2.45, 2.75) is 13.8 Å². The van der Waals surface area contributed by atoms with Gasteiger partial charge in [-0.1, -0.05) is 50.3 Å². The van der Waals surface area contributed by atoms with Crippen molar-refractivity contribution in [1.82, 2.24) is 9.80 Å². The molecule has 0 aliphatic heterocycles. The zero-order chi connectivity index (χ0) is 15.9.